The van der Waals surface area contributed by atoms with Gasteiger partial charge in [0.25, 0.3) is 0 Å². The van der Waals surface area contributed by atoms with Crippen LogP contribution in [-0.2, 0) is 6.54 Å². The zero-order chi connectivity index (χ0) is 9.80. The van der Waals surface area contributed by atoms with Crippen LogP contribution in [0.25, 0.3) is 0 Å². The van der Waals surface area contributed by atoms with E-state index in [4.69, 9.17) is 0 Å². The zero-order valence-corrected chi connectivity index (χ0v) is 8.92. The molecule has 0 bridgehead atoms. The molecular weight excluding hydrogens is 172 g/mol. The Morgan fingerprint density at radius 1 is 1.50 bits per heavy atom. The average Bonchev–Trinajstić information content (AvgIpc) is 2.87. The maximum atomic E-state index is 3.61. The van der Waals surface area contributed by atoms with E-state index in [9.17, 15) is 0 Å². The molecule has 0 radical (unpaired) electrons. The fraction of sp³-hybridized carbons (Fsp3) is 0.667. The quantitative estimate of drug-likeness (QED) is 0.754. The van der Waals surface area contributed by atoms with Gasteiger partial charge in [-0.2, -0.15) is 0 Å². The third-order valence-corrected chi connectivity index (χ3v) is 3.40. The number of rotatable bonds is 4. The monoisotopic (exact) mass is 192 g/mol. The highest BCUT2D eigenvalue weighted by Crippen LogP contribution is 2.27. The summed E-state index contributed by atoms with van der Waals surface area (Å²) >= 11 is 0. The summed E-state index contributed by atoms with van der Waals surface area (Å²) in [4.78, 5) is 3.08. The van der Waals surface area contributed by atoms with Crippen molar-refractivity contribution in [2.24, 2.45) is 5.92 Å². The molecule has 1 aromatic heterocycles. The summed E-state index contributed by atoms with van der Waals surface area (Å²) in [6, 6.07) is 2.81. The molecule has 0 aliphatic heterocycles. The van der Waals surface area contributed by atoms with E-state index in [1.807, 2.05) is 6.20 Å². The van der Waals surface area contributed by atoms with Gasteiger partial charge in [0.1, 0.15) is 0 Å². The molecule has 1 aliphatic rings. The topological polar surface area (TPSA) is 27.8 Å². The number of nitrogens with one attached hydrogen (secondary N) is 2. The van der Waals surface area contributed by atoms with Crippen molar-refractivity contribution in [1.29, 1.82) is 0 Å². The molecule has 0 aromatic carbocycles. The first-order valence-electron chi connectivity index (χ1n) is 5.71. The smallest absolute Gasteiger partial charge is 0.0223 e. The Labute approximate surface area is 86.1 Å². The number of hydrogen-bond donors (Lipinski definition) is 2. The van der Waals surface area contributed by atoms with Crippen LogP contribution in [0.5, 0.6) is 0 Å². The molecule has 1 fully saturated rings. The van der Waals surface area contributed by atoms with Crippen molar-refractivity contribution < 1.29 is 0 Å². The third-order valence-electron chi connectivity index (χ3n) is 3.40. The standard InChI is InChI=1S/C12H20N2/c1-10(12-4-2-3-5-12)14-9-11-6-7-13-8-11/h6-8,10,12-14H,2-5,9H2,1H3/t10-/m1/s1. The Morgan fingerprint density at radius 2 is 2.29 bits per heavy atom. The summed E-state index contributed by atoms with van der Waals surface area (Å²) in [5.74, 6) is 0.911. The van der Waals surface area contributed by atoms with E-state index in [2.05, 4.69) is 29.5 Å². The van der Waals surface area contributed by atoms with E-state index in [-0.39, 0.29) is 0 Å². The van der Waals surface area contributed by atoms with Crippen molar-refractivity contribution in [2.75, 3.05) is 0 Å². The Morgan fingerprint density at radius 3 is 2.93 bits per heavy atom. The summed E-state index contributed by atoms with van der Waals surface area (Å²) in [6.07, 6.45) is 9.75. The maximum Gasteiger partial charge on any atom is 0.0223 e. The molecule has 2 rings (SSSR count). The van der Waals surface area contributed by atoms with Crippen molar-refractivity contribution in [3.63, 3.8) is 0 Å². The predicted octanol–water partition coefficient (Wildman–Crippen LogP) is 2.68. The van der Waals surface area contributed by atoms with Gasteiger partial charge in [-0.3, -0.25) is 0 Å². The molecule has 1 aliphatic carbocycles. The summed E-state index contributed by atoms with van der Waals surface area (Å²) in [6.45, 7) is 3.32. The Kier molecular flexibility index (Phi) is 3.25. The van der Waals surface area contributed by atoms with E-state index in [0.29, 0.717) is 6.04 Å². The molecule has 14 heavy (non-hydrogen) atoms. The summed E-state index contributed by atoms with van der Waals surface area (Å²) in [7, 11) is 0. The zero-order valence-electron chi connectivity index (χ0n) is 8.92. The second-order valence-corrected chi connectivity index (χ2v) is 4.43. The van der Waals surface area contributed by atoms with Gasteiger partial charge in [0.15, 0.2) is 0 Å². The normalized spacial score (nSPS) is 20.1. The van der Waals surface area contributed by atoms with Gasteiger partial charge in [-0.15, -0.1) is 0 Å². The highest BCUT2D eigenvalue weighted by Gasteiger charge is 2.20. The lowest BCUT2D eigenvalue weighted by atomic mass is 10.00. The van der Waals surface area contributed by atoms with Crippen LogP contribution in [0.1, 0.15) is 38.2 Å². The molecule has 1 heterocycles. The van der Waals surface area contributed by atoms with Gasteiger partial charge in [0, 0.05) is 25.0 Å². The van der Waals surface area contributed by atoms with Gasteiger partial charge in [0.05, 0.1) is 0 Å². The fourth-order valence-corrected chi connectivity index (χ4v) is 2.37. The van der Waals surface area contributed by atoms with Crippen LogP contribution in [0, 0.1) is 5.92 Å². The second-order valence-electron chi connectivity index (χ2n) is 4.43. The third kappa shape index (κ3) is 2.38. The predicted molar refractivity (Wildman–Crippen MR) is 59.1 cm³/mol. The van der Waals surface area contributed by atoms with Crippen LogP contribution in [0.2, 0.25) is 0 Å². The van der Waals surface area contributed by atoms with E-state index in [0.717, 1.165) is 12.5 Å². The first-order valence-corrected chi connectivity index (χ1v) is 5.71. The fourth-order valence-electron chi connectivity index (χ4n) is 2.37. The Bertz CT molecular complexity index is 247. The molecule has 2 nitrogen and oxygen atoms in total. The Balaban J connectivity index is 1.74. The molecule has 0 saturated heterocycles. The van der Waals surface area contributed by atoms with E-state index < -0.39 is 0 Å². The largest absolute Gasteiger partial charge is 0.367 e. The van der Waals surface area contributed by atoms with Gasteiger partial charge in [-0.25, -0.2) is 0 Å². The minimum Gasteiger partial charge on any atom is -0.367 e. The van der Waals surface area contributed by atoms with Crippen molar-refractivity contribution in [1.82, 2.24) is 10.3 Å². The van der Waals surface area contributed by atoms with Crippen LogP contribution in [-0.4, -0.2) is 11.0 Å². The molecule has 1 aromatic rings. The van der Waals surface area contributed by atoms with Gasteiger partial charge in [0.2, 0.25) is 0 Å². The lowest BCUT2D eigenvalue weighted by molar-refractivity contribution is 0.380. The van der Waals surface area contributed by atoms with Crippen LogP contribution in [0.4, 0.5) is 0 Å². The molecule has 1 saturated carbocycles. The second kappa shape index (κ2) is 4.65. The first-order chi connectivity index (χ1) is 6.86. The molecule has 0 amide bonds. The molecule has 2 heteroatoms. The molecule has 0 unspecified atom stereocenters. The lowest BCUT2D eigenvalue weighted by Gasteiger charge is -2.19. The number of aromatic amines is 1. The molecule has 1 atom stereocenters. The van der Waals surface area contributed by atoms with Gasteiger partial charge in [-0.05, 0) is 37.3 Å². The molecule has 2 N–H and O–H groups in total. The maximum absolute atomic E-state index is 3.61. The van der Waals surface area contributed by atoms with Crippen molar-refractivity contribution >= 4 is 0 Å². The minimum atomic E-state index is 0.674. The SMILES string of the molecule is C[C@@H](NCc1cc[nH]c1)C1CCCC1. The summed E-state index contributed by atoms with van der Waals surface area (Å²) in [5, 5.41) is 3.61. The van der Waals surface area contributed by atoms with Gasteiger partial charge < -0.3 is 10.3 Å². The van der Waals surface area contributed by atoms with Crippen molar-refractivity contribution in [3.05, 3.63) is 24.0 Å². The van der Waals surface area contributed by atoms with Gasteiger partial charge >= 0.3 is 0 Å². The number of H-pyrrole nitrogens is 1. The summed E-state index contributed by atoms with van der Waals surface area (Å²) < 4.78 is 0. The van der Waals surface area contributed by atoms with E-state index in [1.165, 1.54) is 31.2 Å². The Hall–Kier alpha value is -0.760. The van der Waals surface area contributed by atoms with Crippen LogP contribution >= 0.6 is 0 Å². The van der Waals surface area contributed by atoms with Crippen LogP contribution in [0.15, 0.2) is 18.5 Å². The van der Waals surface area contributed by atoms with E-state index >= 15 is 0 Å². The van der Waals surface area contributed by atoms with Crippen LogP contribution in [0.3, 0.4) is 0 Å². The lowest BCUT2D eigenvalue weighted by Crippen LogP contribution is -2.31. The molecule has 78 valence electrons. The highest BCUT2D eigenvalue weighted by molar-refractivity contribution is 5.07. The van der Waals surface area contributed by atoms with Crippen molar-refractivity contribution in [3.8, 4) is 0 Å². The van der Waals surface area contributed by atoms with E-state index in [1.54, 1.807) is 0 Å². The highest BCUT2D eigenvalue weighted by atomic mass is 14.9. The molecular formula is C12H20N2. The summed E-state index contributed by atoms with van der Waals surface area (Å²) in [5.41, 5.74) is 1.36. The first kappa shape index (κ1) is 9.78. The van der Waals surface area contributed by atoms with Crippen molar-refractivity contribution in [2.45, 2.75) is 45.2 Å². The van der Waals surface area contributed by atoms with Gasteiger partial charge in [-0.1, -0.05) is 12.8 Å². The number of hydrogen-bond acceptors (Lipinski definition) is 1. The number of aromatic nitrogens is 1. The molecule has 0 spiro atoms. The van der Waals surface area contributed by atoms with Crippen LogP contribution < -0.4 is 5.32 Å². The average molecular weight is 192 g/mol. The minimum absolute atomic E-state index is 0.674.